The molecule has 4 atom stereocenters. The summed E-state index contributed by atoms with van der Waals surface area (Å²) in [7, 11) is 0. The van der Waals surface area contributed by atoms with Gasteiger partial charge in [-0.05, 0) is 64.3 Å². The van der Waals surface area contributed by atoms with Crippen molar-refractivity contribution in [2.24, 2.45) is 11.8 Å². The average Bonchev–Trinajstić information content (AvgIpc) is 3.23. The van der Waals surface area contributed by atoms with Crippen LogP contribution in [-0.4, -0.2) is 47.3 Å². The lowest BCUT2D eigenvalue weighted by atomic mass is 9.85. The van der Waals surface area contributed by atoms with Crippen LogP contribution in [0.2, 0.25) is 0 Å². The van der Waals surface area contributed by atoms with E-state index >= 15 is 0 Å². The summed E-state index contributed by atoms with van der Waals surface area (Å²) in [5.41, 5.74) is -0.0603. The molecule has 1 heterocycles. The lowest BCUT2D eigenvalue weighted by Crippen LogP contribution is -2.47. The maximum atomic E-state index is 9.65. The van der Waals surface area contributed by atoms with Crippen molar-refractivity contribution in [2.45, 2.75) is 83.8 Å². The van der Waals surface area contributed by atoms with Gasteiger partial charge in [0.05, 0.1) is 6.61 Å². The first kappa shape index (κ1) is 17.2. The zero-order valence-electron chi connectivity index (χ0n) is 14.6. The Morgan fingerprint density at radius 2 is 1.90 bits per heavy atom. The highest BCUT2D eigenvalue weighted by atomic mass is 16.3. The van der Waals surface area contributed by atoms with Crippen LogP contribution in [0.3, 0.4) is 0 Å². The standard InChI is InChI=1S/C18H36N2O/c1-14-11-15(2)16(3)20(12-14)10-6-5-9-18(4,13-21)19-17-7-8-17/h14-17,19,21H,5-13H2,1-4H3. The summed E-state index contributed by atoms with van der Waals surface area (Å²) in [6.45, 7) is 12.1. The van der Waals surface area contributed by atoms with Crippen molar-refractivity contribution in [3.05, 3.63) is 0 Å². The molecule has 1 saturated carbocycles. The maximum absolute atomic E-state index is 9.65. The Kier molecular flexibility index (Phi) is 6.10. The number of piperidine rings is 1. The van der Waals surface area contributed by atoms with E-state index in [1.165, 1.54) is 45.2 Å². The third kappa shape index (κ3) is 5.22. The SMILES string of the molecule is CC1CC(C)C(C)N(CCCCC(C)(CO)NC2CC2)C1. The monoisotopic (exact) mass is 296 g/mol. The third-order valence-corrected chi connectivity index (χ3v) is 5.62. The number of hydrogen-bond acceptors (Lipinski definition) is 3. The molecule has 0 aromatic heterocycles. The Labute approximate surface area is 131 Å². The fraction of sp³-hybridized carbons (Fsp3) is 1.00. The first-order chi connectivity index (χ1) is 9.93. The van der Waals surface area contributed by atoms with Gasteiger partial charge in [-0.15, -0.1) is 0 Å². The molecule has 1 aliphatic heterocycles. The van der Waals surface area contributed by atoms with Gasteiger partial charge in [0.1, 0.15) is 0 Å². The normalized spacial score (nSPS) is 33.9. The Bertz CT molecular complexity index is 318. The first-order valence-electron chi connectivity index (χ1n) is 9.06. The van der Waals surface area contributed by atoms with Crippen LogP contribution in [0.15, 0.2) is 0 Å². The van der Waals surface area contributed by atoms with Gasteiger partial charge in [-0.3, -0.25) is 0 Å². The fourth-order valence-corrected chi connectivity index (χ4v) is 3.87. The van der Waals surface area contributed by atoms with Gasteiger partial charge < -0.3 is 15.3 Å². The molecule has 0 radical (unpaired) electrons. The zero-order valence-corrected chi connectivity index (χ0v) is 14.6. The summed E-state index contributed by atoms with van der Waals surface area (Å²) in [6.07, 6.45) is 7.51. The molecule has 4 unspecified atom stereocenters. The number of aliphatic hydroxyl groups excluding tert-OH is 1. The summed E-state index contributed by atoms with van der Waals surface area (Å²) in [5.74, 6) is 1.67. The lowest BCUT2D eigenvalue weighted by Gasteiger charge is -2.41. The number of likely N-dealkylation sites (tertiary alicyclic amines) is 1. The molecule has 2 fully saturated rings. The zero-order chi connectivity index (χ0) is 15.5. The van der Waals surface area contributed by atoms with Crippen molar-refractivity contribution in [3.8, 4) is 0 Å². The minimum atomic E-state index is -0.0603. The van der Waals surface area contributed by atoms with Crippen molar-refractivity contribution in [1.29, 1.82) is 0 Å². The van der Waals surface area contributed by atoms with Crippen LogP contribution in [0.25, 0.3) is 0 Å². The molecule has 0 aromatic rings. The van der Waals surface area contributed by atoms with Gasteiger partial charge >= 0.3 is 0 Å². The molecule has 3 heteroatoms. The van der Waals surface area contributed by atoms with Crippen molar-refractivity contribution in [3.63, 3.8) is 0 Å². The number of nitrogens with zero attached hydrogens (tertiary/aromatic N) is 1. The van der Waals surface area contributed by atoms with Gasteiger partial charge in [0.25, 0.3) is 0 Å². The molecule has 2 N–H and O–H groups in total. The molecular weight excluding hydrogens is 260 g/mol. The van der Waals surface area contributed by atoms with Crippen molar-refractivity contribution >= 4 is 0 Å². The largest absolute Gasteiger partial charge is 0.394 e. The van der Waals surface area contributed by atoms with Crippen LogP contribution in [-0.2, 0) is 0 Å². The number of rotatable bonds is 8. The van der Waals surface area contributed by atoms with E-state index in [0.29, 0.717) is 6.04 Å². The minimum absolute atomic E-state index is 0.0603. The lowest BCUT2D eigenvalue weighted by molar-refractivity contribution is 0.0765. The number of aliphatic hydroxyl groups is 1. The highest BCUT2D eigenvalue weighted by Gasteiger charge is 2.32. The van der Waals surface area contributed by atoms with E-state index in [2.05, 4.69) is 37.9 Å². The van der Waals surface area contributed by atoms with Crippen LogP contribution in [0.4, 0.5) is 0 Å². The van der Waals surface area contributed by atoms with Gasteiger partial charge in [0, 0.05) is 24.2 Å². The molecule has 3 nitrogen and oxygen atoms in total. The Morgan fingerprint density at radius 1 is 1.19 bits per heavy atom. The van der Waals surface area contributed by atoms with E-state index in [-0.39, 0.29) is 12.1 Å². The van der Waals surface area contributed by atoms with Crippen LogP contribution < -0.4 is 5.32 Å². The quantitative estimate of drug-likeness (QED) is 0.676. The van der Waals surface area contributed by atoms with Gasteiger partial charge in [-0.1, -0.05) is 20.3 Å². The van der Waals surface area contributed by atoms with Gasteiger partial charge in [-0.25, -0.2) is 0 Å². The number of unbranched alkanes of at least 4 members (excludes halogenated alkanes) is 1. The predicted molar refractivity (Wildman–Crippen MR) is 89.5 cm³/mol. The predicted octanol–water partition coefficient (Wildman–Crippen LogP) is 3.03. The fourth-order valence-electron chi connectivity index (χ4n) is 3.87. The number of hydrogen-bond donors (Lipinski definition) is 2. The first-order valence-corrected chi connectivity index (χ1v) is 9.06. The van der Waals surface area contributed by atoms with E-state index < -0.39 is 0 Å². The summed E-state index contributed by atoms with van der Waals surface area (Å²) in [4.78, 5) is 2.68. The van der Waals surface area contributed by atoms with Gasteiger partial charge in [0.15, 0.2) is 0 Å². The van der Waals surface area contributed by atoms with Gasteiger partial charge in [0.2, 0.25) is 0 Å². The molecule has 0 bridgehead atoms. The Balaban J connectivity index is 1.68. The molecular formula is C18H36N2O. The van der Waals surface area contributed by atoms with Crippen LogP contribution in [0.5, 0.6) is 0 Å². The Hall–Kier alpha value is -0.120. The van der Waals surface area contributed by atoms with E-state index in [1.807, 2.05) is 0 Å². The smallest absolute Gasteiger partial charge is 0.0610 e. The molecule has 1 aliphatic carbocycles. The minimum Gasteiger partial charge on any atom is -0.394 e. The van der Waals surface area contributed by atoms with Crippen LogP contribution in [0.1, 0.15) is 66.2 Å². The highest BCUT2D eigenvalue weighted by molar-refractivity contribution is 4.92. The maximum Gasteiger partial charge on any atom is 0.0610 e. The second-order valence-electron chi connectivity index (χ2n) is 8.15. The van der Waals surface area contributed by atoms with E-state index in [0.717, 1.165) is 24.3 Å². The van der Waals surface area contributed by atoms with E-state index in [9.17, 15) is 5.11 Å². The average molecular weight is 296 g/mol. The van der Waals surface area contributed by atoms with Crippen LogP contribution >= 0.6 is 0 Å². The van der Waals surface area contributed by atoms with Gasteiger partial charge in [-0.2, -0.15) is 0 Å². The summed E-state index contributed by atoms with van der Waals surface area (Å²) < 4.78 is 0. The summed E-state index contributed by atoms with van der Waals surface area (Å²) in [5, 5.41) is 13.3. The molecule has 0 amide bonds. The summed E-state index contributed by atoms with van der Waals surface area (Å²) in [6, 6.07) is 1.40. The Morgan fingerprint density at radius 3 is 2.52 bits per heavy atom. The highest BCUT2D eigenvalue weighted by Crippen LogP contribution is 2.28. The molecule has 21 heavy (non-hydrogen) atoms. The van der Waals surface area contributed by atoms with Crippen molar-refractivity contribution in [2.75, 3.05) is 19.7 Å². The second-order valence-corrected chi connectivity index (χ2v) is 8.15. The molecule has 124 valence electrons. The van der Waals surface area contributed by atoms with E-state index in [4.69, 9.17) is 0 Å². The molecule has 2 aliphatic rings. The molecule has 0 spiro atoms. The van der Waals surface area contributed by atoms with Crippen LogP contribution in [0, 0.1) is 11.8 Å². The molecule has 0 aromatic carbocycles. The number of nitrogens with one attached hydrogen (secondary N) is 1. The summed E-state index contributed by atoms with van der Waals surface area (Å²) >= 11 is 0. The van der Waals surface area contributed by atoms with Crippen molar-refractivity contribution in [1.82, 2.24) is 10.2 Å². The second kappa shape index (κ2) is 7.43. The third-order valence-electron chi connectivity index (χ3n) is 5.62. The molecule has 1 saturated heterocycles. The van der Waals surface area contributed by atoms with E-state index in [1.54, 1.807) is 0 Å². The van der Waals surface area contributed by atoms with Crippen molar-refractivity contribution < 1.29 is 5.11 Å². The topological polar surface area (TPSA) is 35.5 Å². The molecule has 2 rings (SSSR count).